The number of halogens is 5. The van der Waals surface area contributed by atoms with Gasteiger partial charge in [-0.15, -0.1) is 0 Å². The molecule has 3 fully saturated rings. The van der Waals surface area contributed by atoms with Crippen LogP contribution in [0.4, 0.5) is 8.78 Å². The number of quaternary nitrogens is 1. The molecule has 0 spiro atoms. The van der Waals surface area contributed by atoms with E-state index in [0.29, 0.717) is 12.8 Å². The Morgan fingerprint density at radius 2 is 1.48 bits per heavy atom. The van der Waals surface area contributed by atoms with E-state index in [4.69, 9.17) is 32.7 Å². The highest BCUT2D eigenvalue weighted by molar-refractivity contribution is 6.31. The number of likely N-dealkylation sites (N-methyl/N-ethyl adjacent to an activating group) is 1. The van der Waals surface area contributed by atoms with Crippen molar-refractivity contribution in [2.45, 2.75) is 48.8 Å². The Kier molecular flexibility index (Phi) is 6.34. The van der Waals surface area contributed by atoms with Crippen LogP contribution in [0.25, 0.3) is 0 Å². The monoisotopic (exact) mass is 563 g/mol. The third-order valence-electron chi connectivity index (χ3n) is 7.28. The first kappa shape index (κ1) is 24.8. The van der Waals surface area contributed by atoms with Crippen molar-refractivity contribution < 1.29 is 49.6 Å². The summed E-state index contributed by atoms with van der Waals surface area (Å²) in [6.45, 7) is 0. The smallest absolute Gasteiger partial charge is 0.347 e. The van der Waals surface area contributed by atoms with Gasteiger partial charge in [0.15, 0.2) is 0 Å². The molecular formula is C23H22BrCl2F2NO4. The Hall–Kier alpha value is -1.29. The van der Waals surface area contributed by atoms with E-state index in [2.05, 4.69) is 14.1 Å². The van der Waals surface area contributed by atoms with Gasteiger partial charge in [-0.05, 0) is 24.3 Å². The van der Waals surface area contributed by atoms with E-state index >= 15 is 0 Å². The number of carbonyl (C=O) groups excluding carboxylic acids is 1. The molecule has 10 heteroatoms. The van der Waals surface area contributed by atoms with Gasteiger partial charge in [0.2, 0.25) is 5.60 Å². The van der Waals surface area contributed by atoms with E-state index in [1.54, 1.807) is 0 Å². The molecule has 3 aliphatic heterocycles. The highest BCUT2D eigenvalue weighted by Crippen LogP contribution is 2.52. The number of carbonyl (C=O) groups is 1. The second kappa shape index (κ2) is 8.43. The van der Waals surface area contributed by atoms with Crippen LogP contribution in [-0.2, 0) is 19.9 Å². The van der Waals surface area contributed by atoms with Crippen molar-refractivity contribution in [3.05, 3.63) is 69.2 Å². The van der Waals surface area contributed by atoms with Crippen LogP contribution in [0.3, 0.4) is 0 Å². The number of esters is 1. The molecule has 0 aliphatic carbocycles. The minimum Gasteiger partial charge on any atom is -1.00 e. The van der Waals surface area contributed by atoms with Crippen LogP contribution in [0.2, 0.25) is 10.0 Å². The molecule has 0 aromatic heterocycles. The molecule has 178 valence electrons. The number of piperidine rings is 1. The van der Waals surface area contributed by atoms with E-state index < -0.39 is 29.3 Å². The van der Waals surface area contributed by atoms with Crippen molar-refractivity contribution >= 4 is 29.2 Å². The van der Waals surface area contributed by atoms with Gasteiger partial charge in [-0.2, -0.15) is 0 Å². The quantitative estimate of drug-likeness (QED) is 0.339. The summed E-state index contributed by atoms with van der Waals surface area (Å²) in [7, 11) is 4.31. The van der Waals surface area contributed by atoms with Crippen molar-refractivity contribution in [1.82, 2.24) is 0 Å². The molecular weight excluding hydrogens is 543 g/mol. The van der Waals surface area contributed by atoms with Crippen molar-refractivity contribution in [3.63, 3.8) is 0 Å². The van der Waals surface area contributed by atoms with Crippen molar-refractivity contribution in [1.29, 1.82) is 0 Å². The fourth-order valence-electron chi connectivity index (χ4n) is 5.38. The number of rotatable bonds is 4. The molecule has 0 amide bonds. The normalized spacial score (nSPS) is 29.1. The molecule has 5 atom stereocenters. The second-order valence-corrected chi connectivity index (χ2v) is 10.1. The molecule has 33 heavy (non-hydrogen) atoms. The number of morpholine rings is 1. The highest BCUT2D eigenvalue weighted by Gasteiger charge is 2.71. The fourth-order valence-corrected chi connectivity index (χ4v) is 5.74. The van der Waals surface area contributed by atoms with Crippen molar-refractivity contribution in [3.8, 4) is 0 Å². The topological polar surface area (TPSA) is 59.1 Å². The van der Waals surface area contributed by atoms with Crippen LogP contribution >= 0.6 is 23.2 Å². The molecule has 3 heterocycles. The van der Waals surface area contributed by atoms with E-state index in [0.717, 1.165) is 28.7 Å². The number of hydrogen-bond acceptors (Lipinski definition) is 4. The van der Waals surface area contributed by atoms with Gasteiger partial charge in [0, 0.05) is 24.0 Å². The zero-order valence-corrected chi connectivity index (χ0v) is 20.9. The predicted molar refractivity (Wildman–Crippen MR) is 113 cm³/mol. The van der Waals surface area contributed by atoms with Gasteiger partial charge < -0.3 is 36.0 Å². The number of fused-ring (bicyclic) bond motifs is 5. The molecule has 5 nitrogen and oxygen atoms in total. The molecule has 2 aromatic carbocycles. The minimum absolute atomic E-state index is 0. The zero-order valence-electron chi connectivity index (χ0n) is 17.8. The van der Waals surface area contributed by atoms with Gasteiger partial charge in [0.1, 0.15) is 42.0 Å². The molecule has 3 saturated heterocycles. The van der Waals surface area contributed by atoms with Gasteiger partial charge >= 0.3 is 5.97 Å². The molecule has 2 bridgehead atoms. The van der Waals surface area contributed by atoms with E-state index in [1.165, 1.54) is 12.1 Å². The first-order valence-electron chi connectivity index (χ1n) is 10.4. The van der Waals surface area contributed by atoms with Crippen molar-refractivity contribution in [2.75, 3.05) is 14.1 Å². The summed E-state index contributed by atoms with van der Waals surface area (Å²) in [4.78, 5) is 13.4. The molecule has 5 rings (SSSR count). The highest BCUT2D eigenvalue weighted by atomic mass is 79.9. The van der Waals surface area contributed by atoms with Crippen LogP contribution in [0, 0.1) is 11.6 Å². The summed E-state index contributed by atoms with van der Waals surface area (Å²) in [5, 5.41) is 11.1. The van der Waals surface area contributed by atoms with Gasteiger partial charge in [0.25, 0.3) is 0 Å². The van der Waals surface area contributed by atoms with Crippen molar-refractivity contribution in [2.24, 2.45) is 0 Å². The van der Waals surface area contributed by atoms with E-state index in [1.807, 2.05) is 0 Å². The molecule has 1 N–H and O–H groups in total. The zero-order chi connectivity index (χ0) is 23.0. The van der Waals surface area contributed by atoms with Gasteiger partial charge in [-0.3, -0.25) is 0 Å². The molecule has 0 radical (unpaired) electrons. The molecule has 0 saturated carbocycles. The number of hydrogen-bond donors (Lipinski definition) is 1. The maximum absolute atomic E-state index is 13.8. The maximum Gasteiger partial charge on any atom is 0.347 e. The largest absolute Gasteiger partial charge is 1.00 e. The van der Waals surface area contributed by atoms with Crippen LogP contribution < -0.4 is 17.0 Å². The number of benzene rings is 2. The molecule has 3 unspecified atom stereocenters. The lowest BCUT2D eigenvalue weighted by atomic mass is 9.86. The Balaban J connectivity index is 0.00000259. The van der Waals surface area contributed by atoms with Gasteiger partial charge in [-0.1, -0.05) is 35.3 Å². The first-order chi connectivity index (χ1) is 15.0. The Morgan fingerprint density at radius 1 is 1.03 bits per heavy atom. The fraction of sp³-hybridized carbons (Fsp3) is 0.435. The third kappa shape index (κ3) is 3.89. The Bertz CT molecular complexity index is 1050. The third-order valence-corrected chi connectivity index (χ3v) is 7.86. The average Bonchev–Trinajstić information content (AvgIpc) is 3.50. The summed E-state index contributed by atoms with van der Waals surface area (Å²) in [5.74, 6) is -2.35. The van der Waals surface area contributed by atoms with Crippen LogP contribution in [0.1, 0.15) is 24.0 Å². The summed E-state index contributed by atoms with van der Waals surface area (Å²) in [6, 6.07) is 7.29. The maximum atomic E-state index is 13.8. The first-order valence-corrected chi connectivity index (χ1v) is 11.1. The summed E-state index contributed by atoms with van der Waals surface area (Å²) in [5.41, 5.74) is -2.36. The van der Waals surface area contributed by atoms with Gasteiger partial charge in [-0.25, -0.2) is 13.6 Å². The lowest BCUT2D eigenvalue weighted by molar-refractivity contribution is -0.938. The number of ether oxygens (including phenoxy) is 2. The SMILES string of the molecule is C[N+]1(C)C2CC(OC(=O)C(O)(c3ccc(F)c(Cl)c3)c3ccc(F)c(Cl)c3)C[C@H]1[C@H]1OC21.[Br-]. The average molecular weight is 565 g/mol. The summed E-state index contributed by atoms with van der Waals surface area (Å²) >= 11 is 11.8. The Morgan fingerprint density at radius 3 is 1.91 bits per heavy atom. The predicted octanol–water partition coefficient (Wildman–Crippen LogP) is 0.812. The lowest BCUT2D eigenvalue weighted by Gasteiger charge is -2.45. The Labute approximate surface area is 210 Å². The molecule has 2 aromatic rings. The standard InChI is InChI=1S/C23H22Cl2F2NO4.BrH/c1-28(2)18-9-13(10-19(28)21-20(18)32-21)31-22(29)23(30,11-3-5-16(26)14(24)7-11)12-4-6-17(27)15(25)8-12;/h3-8,13,18-21,30H,9-10H2,1-2H3;1H/q+1;/p-1/t13?,18-,19?,20+,21?;/m0./s1. The molecule has 3 aliphatic rings. The van der Waals surface area contributed by atoms with E-state index in [-0.39, 0.29) is 62.4 Å². The summed E-state index contributed by atoms with van der Waals surface area (Å²) < 4.78 is 39.9. The number of epoxide rings is 1. The van der Waals surface area contributed by atoms with Crippen LogP contribution in [-0.4, -0.2) is 60.0 Å². The summed E-state index contributed by atoms with van der Waals surface area (Å²) in [6.07, 6.45) is 1.12. The number of nitrogens with zero attached hydrogens (tertiary/aromatic N) is 1. The minimum atomic E-state index is -2.35. The van der Waals surface area contributed by atoms with Gasteiger partial charge in [0.05, 0.1) is 24.1 Å². The second-order valence-electron chi connectivity index (χ2n) is 9.30. The van der Waals surface area contributed by atoms with Crippen LogP contribution in [0.15, 0.2) is 36.4 Å². The lowest BCUT2D eigenvalue weighted by Crippen LogP contribution is -3.00. The number of aliphatic hydroxyl groups is 1. The van der Waals surface area contributed by atoms with Crippen LogP contribution in [0.5, 0.6) is 0 Å². The van der Waals surface area contributed by atoms with E-state index in [9.17, 15) is 18.7 Å².